The Morgan fingerprint density at radius 2 is 1.80 bits per heavy atom. The zero-order valence-electron chi connectivity index (χ0n) is 18.1. The maximum atomic E-state index is 14.5. The predicted octanol–water partition coefficient (Wildman–Crippen LogP) is 5.43. The Morgan fingerprint density at radius 1 is 1.06 bits per heavy atom. The van der Waals surface area contributed by atoms with E-state index < -0.39 is 15.9 Å². The zero-order chi connectivity index (χ0) is 24.3. The summed E-state index contributed by atoms with van der Waals surface area (Å²) in [7, 11) is -4.52. The Labute approximate surface area is 224 Å². The Hall–Kier alpha value is -2.89. The minimum absolute atomic E-state index is 0. The van der Waals surface area contributed by atoms with Gasteiger partial charge in [0.15, 0.2) is 0 Å². The van der Waals surface area contributed by atoms with Crippen molar-refractivity contribution in [2.75, 3.05) is 12.3 Å². The van der Waals surface area contributed by atoms with Gasteiger partial charge in [0, 0.05) is 10.8 Å². The topological polar surface area (TPSA) is 127 Å². The second kappa shape index (κ2) is 11.2. The van der Waals surface area contributed by atoms with E-state index in [1.54, 1.807) is 48.5 Å². The van der Waals surface area contributed by atoms with E-state index in [0.717, 1.165) is 12.5 Å². The third-order valence-corrected chi connectivity index (χ3v) is 5.91. The molecule has 0 aliphatic carbocycles. The molecule has 0 saturated carbocycles. The Kier molecular flexibility index (Phi) is 8.57. The molecule has 0 atom stereocenters. The third kappa shape index (κ3) is 5.85. The first-order chi connectivity index (χ1) is 16.3. The molecule has 0 bridgehead atoms. The van der Waals surface area contributed by atoms with E-state index >= 15 is 0 Å². The van der Waals surface area contributed by atoms with Crippen LogP contribution >= 0.6 is 0 Å². The number of benzene rings is 3. The molecule has 0 unspecified atom stereocenters. The molecule has 4 aromatic rings. The van der Waals surface area contributed by atoms with Gasteiger partial charge in [-0.2, -0.15) is 8.42 Å². The standard InChI is InChI=1S/C24H21FN4O4S.Na.H/c1-2-12-33-21-9-5-8-18(25)23(21)19-11-10-15(14-27-19)28-29-20-13-22(34(30,31)32)16-6-3-4-7-17(16)24(20)26;;/h3-11,13-14H,2,12,26H2,1H3,(H,30,31,32);;/b29-28+;;. The van der Waals surface area contributed by atoms with Gasteiger partial charge in [-0.3, -0.25) is 9.54 Å². The molecule has 35 heavy (non-hydrogen) atoms. The number of hydrogen-bond donors (Lipinski definition) is 2. The van der Waals surface area contributed by atoms with Crippen LogP contribution in [-0.4, -0.2) is 54.1 Å². The molecule has 11 heteroatoms. The average Bonchev–Trinajstić information content (AvgIpc) is 2.82. The molecule has 0 saturated heterocycles. The SMILES string of the molecule is CCCOc1cccc(F)c1-c1ccc(/N=N/c2cc(S(=O)(=O)O)c3ccccc3c2N)cn1.[NaH]. The van der Waals surface area contributed by atoms with Gasteiger partial charge >= 0.3 is 29.6 Å². The summed E-state index contributed by atoms with van der Waals surface area (Å²) in [6, 6.07) is 15.4. The first-order valence-electron chi connectivity index (χ1n) is 10.4. The van der Waals surface area contributed by atoms with E-state index in [-0.39, 0.29) is 56.8 Å². The fourth-order valence-corrected chi connectivity index (χ4v) is 4.15. The second-order valence-corrected chi connectivity index (χ2v) is 8.78. The van der Waals surface area contributed by atoms with Crippen molar-refractivity contribution < 1.29 is 22.1 Å². The molecule has 3 N–H and O–H groups in total. The number of halogens is 1. The number of nitrogens with two attached hydrogens (primary N) is 1. The van der Waals surface area contributed by atoms with Crippen LogP contribution in [0, 0.1) is 5.82 Å². The summed E-state index contributed by atoms with van der Waals surface area (Å²) in [5.74, 6) is -0.0671. The molecule has 8 nitrogen and oxygen atoms in total. The van der Waals surface area contributed by atoms with Gasteiger partial charge < -0.3 is 10.5 Å². The number of ether oxygens (including phenoxy) is 1. The number of azo groups is 1. The van der Waals surface area contributed by atoms with Gasteiger partial charge in [-0.1, -0.05) is 37.3 Å². The summed E-state index contributed by atoms with van der Waals surface area (Å²) in [5.41, 5.74) is 7.39. The Balaban J connectivity index is 0.00000342. The van der Waals surface area contributed by atoms with Crippen LogP contribution in [-0.2, 0) is 10.1 Å². The van der Waals surface area contributed by atoms with Crippen molar-refractivity contribution in [3.05, 3.63) is 72.7 Å². The summed E-state index contributed by atoms with van der Waals surface area (Å²) >= 11 is 0. The quantitative estimate of drug-likeness (QED) is 0.150. The number of nitrogen functional groups attached to an aromatic ring is 1. The van der Waals surface area contributed by atoms with Crippen molar-refractivity contribution in [1.82, 2.24) is 4.98 Å². The fraction of sp³-hybridized carbons (Fsp3) is 0.125. The first-order valence-corrected chi connectivity index (χ1v) is 11.8. The van der Waals surface area contributed by atoms with E-state index in [1.165, 1.54) is 12.3 Å². The molecular weight excluding hydrogens is 482 g/mol. The second-order valence-electron chi connectivity index (χ2n) is 7.39. The van der Waals surface area contributed by atoms with Crippen LogP contribution in [0.1, 0.15) is 13.3 Å². The molecule has 0 spiro atoms. The monoisotopic (exact) mass is 504 g/mol. The Bertz CT molecular complexity index is 1500. The van der Waals surface area contributed by atoms with Crippen LogP contribution in [0.4, 0.5) is 21.5 Å². The van der Waals surface area contributed by atoms with Gasteiger partial charge in [-0.15, -0.1) is 10.2 Å². The van der Waals surface area contributed by atoms with Crippen molar-refractivity contribution in [3.63, 3.8) is 0 Å². The van der Waals surface area contributed by atoms with E-state index in [2.05, 4.69) is 15.2 Å². The van der Waals surface area contributed by atoms with Gasteiger partial charge in [0.25, 0.3) is 10.1 Å². The molecule has 4 rings (SSSR count). The zero-order valence-corrected chi connectivity index (χ0v) is 19.0. The van der Waals surface area contributed by atoms with Crippen molar-refractivity contribution in [2.24, 2.45) is 10.2 Å². The van der Waals surface area contributed by atoms with Crippen LogP contribution in [0.5, 0.6) is 5.75 Å². The van der Waals surface area contributed by atoms with Crippen LogP contribution < -0.4 is 10.5 Å². The maximum absolute atomic E-state index is 14.5. The normalized spacial score (nSPS) is 11.5. The molecular formula is C24H22FN4NaO4S. The van der Waals surface area contributed by atoms with Crippen molar-refractivity contribution in [2.45, 2.75) is 18.2 Å². The van der Waals surface area contributed by atoms with Crippen LogP contribution in [0.3, 0.4) is 0 Å². The predicted molar refractivity (Wildman–Crippen MR) is 135 cm³/mol. The summed E-state index contributed by atoms with van der Waals surface area (Å²) in [6.07, 6.45) is 2.18. The van der Waals surface area contributed by atoms with E-state index in [4.69, 9.17) is 10.5 Å². The van der Waals surface area contributed by atoms with Gasteiger partial charge in [-0.05, 0) is 36.8 Å². The number of nitrogens with zero attached hydrogens (tertiary/aromatic N) is 3. The van der Waals surface area contributed by atoms with E-state index in [0.29, 0.717) is 29.1 Å². The summed E-state index contributed by atoms with van der Waals surface area (Å²) in [5, 5.41) is 8.83. The van der Waals surface area contributed by atoms with Crippen LogP contribution in [0.25, 0.3) is 22.0 Å². The Morgan fingerprint density at radius 3 is 2.46 bits per heavy atom. The molecule has 3 aromatic carbocycles. The molecule has 0 aliphatic rings. The number of pyridine rings is 1. The third-order valence-electron chi connectivity index (χ3n) is 5.02. The molecule has 1 aromatic heterocycles. The van der Waals surface area contributed by atoms with Gasteiger partial charge in [0.2, 0.25) is 0 Å². The van der Waals surface area contributed by atoms with Gasteiger partial charge in [-0.25, -0.2) is 4.39 Å². The van der Waals surface area contributed by atoms with E-state index in [1.807, 2.05) is 6.92 Å². The summed E-state index contributed by atoms with van der Waals surface area (Å²) in [4.78, 5) is 3.96. The van der Waals surface area contributed by atoms with Gasteiger partial charge in [0.05, 0.1) is 29.7 Å². The number of rotatable bonds is 7. The number of aromatic nitrogens is 1. The van der Waals surface area contributed by atoms with Crippen molar-refractivity contribution in [3.8, 4) is 17.0 Å². The minimum atomic E-state index is -4.52. The summed E-state index contributed by atoms with van der Waals surface area (Å²) < 4.78 is 53.5. The molecule has 1 heterocycles. The van der Waals surface area contributed by atoms with Crippen molar-refractivity contribution in [1.29, 1.82) is 0 Å². The molecule has 0 fully saturated rings. The fourth-order valence-electron chi connectivity index (χ4n) is 3.44. The number of hydrogen-bond acceptors (Lipinski definition) is 7. The number of fused-ring (bicyclic) bond motifs is 1. The van der Waals surface area contributed by atoms with Crippen molar-refractivity contribution >= 4 is 67.5 Å². The van der Waals surface area contributed by atoms with Gasteiger partial charge in [0.1, 0.15) is 27.8 Å². The molecule has 0 amide bonds. The molecule has 176 valence electrons. The molecule has 0 aliphatic heterocycles. The van der Waals surface area contributed by atoms with E-state index in [9.17, 15) is 17.4 Å². The average molecular weight is 505 g/mol. The molecule has 0 radical (unpaired) electrons. The summed E-state index contributed by atoms with van der Waals surface area (Å²) in [6.45, 7) is 2.40. The van der Waals surface area contributed by atoms with Crippen LogP contribution in [0.15, 0.2) is 82.0 Å². The number of anilines is 1. The van der Waals surface area contributed by atoms with Crippen LogP contribution in [0.2, 0.25) is 0 Å². The first kappa shape index (κ1) is 26.7.